The maximum Gasteiger partial charge on any atom is 0.117 e. The lowest BCUT2D eigenvalue weighted by Gasteiger charge is -2.20. The number of hydrogen-bond donors (Lipinski definition) is 3. The molecule has 0 fully saturated rings. The first-order valence-electron chi connectivity index (χ1n) is 5.37. The van der Waals surface area contributed by atoms with Crippen molar-refractivity contribution in [2.45, 2.75) is 26.3 Å². The molecule has 0 bridgehead atoms. The molecule has 1 unspecified atom stereocenters. The van der Waals surface area contributed by atoms with Gasteiger partial charge < -0.3 is 16.2 Å². The van der Waals surface area contributed by atoms with Crippen LogP contribution in [0.25, 0.3) is 0 Å². The van der Waals surface area contributed by atoms with Crippen molar-refractivity contribution in [3.8, 4) is 5.75 Å². The van der Waals surface area contributed by atoms with E-state index in [9.17, 15) is 5.11 Å². The molecule has 3 heteroatoms. The first-order chi connectivity index (χ1) is 7.11. The van der Waals surface area contributed by atoms with Crippen LogP contribution in [0.3, 0.4) is 0 Å². The van der Waals surface area contributed by atoms with Gasteiger partial charge in [0.05, 0.1) is 0 Å². The molecule has 0 aliphatic carbocycles. The number of anilines is 1. The monoisotopic (exact) mass is 208 g/mol. The molecule has 3 nitrogen and oxygen atoms in total. The smallest absolute Gasteiger partial charge is 0.117 e. The Bertz CT molecular complexity index is 299. The second kappa shape index (κ2) is 5.61. The molecule has 1 aromatic rings. The van der Waals surface area contributed by atoms with Gasteiger partial charge in [-0.1, -0.05) is 19.9 Å². The molecule has 15 heavy (non-hydrogen) atoms. The topological polar surface area (TPSA) is 58.3 Å². The zero-order chi connectivity index (χ0) is 11.3. The molecule has 0 heterocycles. The summed E-state index contributed by atoms with van der Waals surface area (Å²) in [5, 5.41) is 12.6. The Morgan fingerprint density at radius 2 is 2.13 bits per heavy atom. The highest BCUT2D eigenvalue weighted by Gasteiger charge is 2.08. The highest BCUT2D eigenvalue weighted by Crippen LogP contribution is 2.17. The van der Waals surface area contributed by atoms with Crippen LogP contribution in [0.1, 0.15) is 20.3 Å². The van der Waals surface area contributed by atoms with Crippen LogP contribution in [-0.4, -0.2) is 17.7 Å². The number of nitrogens with two attached hydrogens (primary N) is 1. The van der Waals surface area contributed by atoms with Crippen molar-refractivity contribution >= 4 is 5.69 Å². The highest BCUT2D eigenvalue weighted by atomic mass is 16.3. The summed E-state index contributed by atoms with van der Waals surface area (Å²) in [6.45, 7) is 4.95. The van der Waals surface area contributed by atoms with Crippen molar-refractivity contribution in [3.05, 3.63) is 24.3 Å². The summed E-state index contributed by atoms with van der Waals surface area (Å²) in [5.41, 5.74) is 6.60. The maximum absolute atomic E-state index is 9.31. The van der Waals surface area contributed by atoms with Crippen LogP contribution in [0, 0.1) is 5.92 Å². The normalized spacial score (nSPS) is 12.8. The second-order valence-corrected chi connectivity index (χ2v) is 4.26. The van der Waals surface area contributed by atoms with Crippen LogP contribution in [0.4, 0.5) is 5.69 Å². The van der Waals surface area contributed by atoms with E-state index in [2.05, 4.69) is 19.2 Å². The maximum atomic E-state index is 9.31. The summed E-state index contributed by atoms with van der Waals surface area (Å²) in [6.07, 6.45) is 1.03. The first-order valence-corrected chi connectivity index (χ1v) is 5.37. The lowest BCUT2D eigenvalue weighted by molar-refractivity contribution is 0.475. The number of phenolic OH excluding ortho intramolecular Hbond substituents is 1. The van der Waals surface area contributed by atoms with Gasteiger partial charge in [-0.3, -0.25) is 0 Å². The molecule has 0 radical (unpaired) electrons. The van der Waals surface area contributed by atoms with E-state index in [4.69, 9.17) is 5.73 Å². The molecule has 0 saturated heterocycles. The predicted octanol–water partition coefficient (Wildman–Crippen LogP) is 2.18. The predicted molar refractivity (Wildman–Crippen MR) is 64.0 cm³/mol. The summed E-state index contributed by atoms with van der Waals surface area (Å²) in [7, 11) is 0. The highest BCUT2D eigenvalue weighted by molar-refractivity contribution is 5.48. The number of aromatic hydroxyl groups is 1. The third-order valence-electron chi connectivity index (χ3n) is 2.26. The van der Waals surface area contributed by atoms with Gasteiger partial charge >= 0.3 is 0 Å². The molecule has 0 aromatic heterocycles. The van der Waals surface area contributed by atoms with E-state index in [1.165, 1.54) is 0 Å². The zero-order valence-electron chi connectivity index (χ0n) is 9.40. The molecule has 0 aliphatic heterocycles. The molecule has 0 saturated carbocycles. The molecule has 0 spiro atoms. The van der Waals surface area contributed by atoms with Gasteiger partial charge in [-0.15, -0.1) is 0 Å². The minimum atomic E-state index is 0.270. The van der Waals surface area contributed by atoms with Crippen LogP contribution < -0.4 is 11.1 Å². The summed E-state index contributed by atoms with van der Waals surface area (Å²) in [6, 6.07) is 7.39. The van der Waals surface area contributed by atoms with E-state index in [-0.39, 0.29) is 11.8 Å². The molecule has 1 atom stereocenters. The largest absolute Gasteiger partial charge is 0.508 e. The summed E-state index contributed by atoms with van der Waals surface area (Å²) < 4.78 is 0. The van der Waals surface area contributed by atoms with E-state index >= 15 is 0 Å². The Morgan fingerprint density at radius 1 is 1.40 bits per heavy atom. The van der Waals surface area contributed by atoms with Gasteiger partial charge in [-0.25, -0.2) is 0 Å². The molecule has 1 rings (SSSR count). The third kappa shape index (κ3) is 4.21. The van der Waals surface area contributed by atoms with E-state index in [1.807, 2.05) is 12.1 Å². The van der Waals surface area contributed by atoms with Crippen molar-refractivity contribution in [2.75, 3.05) is 11.9 Å². The van der Waals surface area contributed by atoms with Gasteiger partial charge in [0, 0.05) is 24.3 Å². The van der Waals surface area contributed by atoms with Crippen LogP contribution in [0.5, 0.6) is 5.75 Å². The van der Waals surface area contributed by atoms with E-state index < -0.39 is 0 Å². The van der Waals surface area contributed by atoms with E-state index in [0.29, 0.717) is 12.5 Å². The summed E-state index contributed by atoms with van der Waals surface area (Å²) in [5.74, 6) is 0.892. The number of benzene rings is 1. The first kappa shape index (κ1) is 11.9. The van der Waals surface area contributed by atoms with Gasteiger partial charge in [-0.2, -0.15) is 0 Å². The molecule has 0 amide bonds. The molecule has 4 N–H and O–H groups in total. The lowest BCUT2D eigenvalue weighted by Crippen LogP contribution is -2.30. The van der Waals surface area contributed by atoms with E-state index in [1.54, 1.807) is 12.1 Å². The van der Waals surface area contributed by atoms with Crippen molar-refractivity contribution in [2.24, 2.45) is 11.7 Å². The Kier molecular flexibility index (Phi) is 4.43. The fourth-order valence-electron chi connectivity index (χ4n) is 1.61. The fourth-order valence-corrected chi connectivity index (χ4v) is 1.61. The van der Waals surface area contributed by atoms with E-state index in [0.717, 1.165) is 12.1 Å². The molecular formula is C12H20N2O. The Morgan fingerprint density at radius 3 is 2.67 bits per heavy atom. The van der Waals surface area contributed by atoms with Gasteiger partial charge in [-0.05, 0) is 24.5 Å². The van der Waals surface area contributed by atoms with Crippen molar-refractivity contribution in [3.63, 3.8) is 0 Å². The summed E-state index contributed by atoms with van der Waals surface area (Å²) in [4.78, 5) is 0. The average Bonchev–Trinajstić information content (AvgIpc) is 2.16. The van der Waals surface area contributed by atoms with Crippen molar-refractivity contribution in [1.29, 1.82) is 0 Å². The molecule has 0 aliphatic rings. The minimum absolute atomic E-state index is 0.270. The molecular weight excluding hydrogens is 188 g/mol. The van der Waals surface area contributed by atoms with Crippen LogP contribution in [0.15, 0.2) is 24.3 Å². The standard InChI is InChI=1S/C12H20N2O/c1-9(2)6-11(8-13)14-10-4-3-5-12(15)7-10/h3-5,7,9,11,14-15H,6,8,13H2,1-2H3. The summed E-state index contributed by atoms with van der Waals surface area (Å²) >= 11 is 0. The van der Waals surface area contributed by atoms with Gasteiger partial charge in [0.2, 0.25) is 0 Å². The number of hydrogen-bond acceptors (Lipinski definition) is 3. The Balaban J connectivity index is 2.58. The zero-order valence-corrected chi connectivity index (χ0v) is 9.40. The van der Waals surface area contributed by atoms with Gasteiger partial charge in [0.15, 0.2) is 0 Å². The Hall–Kier alpha value is -1.22. The third-order valence-corrected chi connectivity index (χ3v) is 2.26. The molecule has 1 aromatic carbocycles. The van der Waals surface area contributed by atoms with Gasteiger partial charge in [0.25, 0.3) is 0 Å². The Labute approximate surface area is 91.3 Å². The number of rotatable bonds is 5. The van der Waals surface area contributed by atoms with Crippen molar-refractivity contribution < 1.29 is 5.11 Å². The van der Waals surface area contributed by atoms with Crippen LogP contribution in [0.2, 0.25) is 0 Å². The quantitative estimate of drug-likeness (QED) is 0.695. The lowest BCUT2D eigenvalue weighted by atomic mass is 10.0. The van der Waals surface area contributed by atoms with Gasteiger partial charge in [0.1, 0.15) is 5.75 Å². The fraction of sp³-hybridized carbons (Fsp3) is 0.500. The second-order valence-electron chi connectivity index (χ2n) is 4.26. The van der Waals surface area contributed by atoms with Crippen molar-refractivity contribution in [1.82, 2.24) is 0 Å². The minimum Gasteiger partial charge on any atom is -0.508 e. The number of phenols is 1. The SMILES string of the molecule is CC(C)CC(CN)Nc1cccc(O)c1. The average molecular weight is 208 g/mol. The number of nitrogens with one attached hydrogen (secondary N) is 1. The van der Waals surface area contributed by atoms with Crippen LogP contribution >= 0.6 is 0 Å². The molecule has 84 valence electrons. The van der Waals surface area contributed by atoms with Crippen LogP contribution in [-0.2, 0) is 0 Å².